The quantitative estimate of drug-likeness (QED) is 0.750. The maximum atomic E-state index is 12.1. The van der Waals surface area contributed by atoms with Gasteiger partial charge in [-0.25, -0.2) is 0 Å². The zero-order valence-electron chi connectivity index (χ0n) is 10.6. The summed E-state index contributed by atoms with van der Waals surface area (Å²) < 4.78 is 28.4. The molecule has 0 saturated heterocycles. The third-order valence-corrected chi connectivity index (χ3v) is 3.13. The van der Waals surface area contributed by atoms with Gasteiger partial charge in [0.25, 0.3) is 0 Å². The van der Waals surface area contributed by atoms with Gasteiger partial charge >= 0.3 is 6.61 Å². The Morgan fingerprint density at radius 2 is 1.75 bits per heavy atom. The summed E-state index contributed by atoms with van der Waals surface area (Å²) in [5, 5.41) is 1.17. The number of H-pyrrole nitrogens is 1. The summed E-state index contributed by atoms with van der Waals surface area (Å²) in [5.41, 5.74) is 3.23. The number of nitrogens with one attached hydrogen (secondary N) is 1. The lowest BCUT2D eigenvalue weighted by molar-refractivity contribution is -0.0498. The van der Waals surface area contributed by atoms with Crippen molar-refractivity contribution in [3.63, 3.8) is 0 Å². The molecule has 0 spiro atoms. The van der Waals surface area contributed by atoms with Crippen LogP contribution < -0.4 is 4.74 Å². The average molecular weight is 273 g/mol. The predicted molar refractivity (Wildman–Crippen MR) is 74.2 cm³/mol. The molecule has 0 radical (unpaired) electrons. The smallest absolute Gasteiger partial charge is 0.387 e. The number of fused-ring (bicyclic) bond motifs is 1. The fourth-order valence-corrected chi connectivity index (χ4v) is 2.24. The molecule has 1 aromatic heterocycles. The topological polar surface area (TPSA) is 25.0 Å². The molecule has 0 unspecified atom stereocenters. The molecule has 1 heterocycles. The Balaban J connectivity index is 1.76. The van der Waals surface area contributed by atoms with Gasteiger partial charge in [0.05, 0.1) is 0 Å². The molecule has 0 fully saturated rings. The highest BCUT2D eigenvalue weighted by atomic mass is 19.3. The summed E-state index contributed by atoms with van der Waals surface area (Å²) in [6, 6.07) is 16.9. The van der Waals surface area contributed by atoms with E-state index in [0.717, 1.165) is 23.2 Å². The van der Waals surface area contributed by atoms with Gasteiger partial charge < -0.3 is 9.72 Å². The molecule has 0 aliphatic rings. The summed E-state index contributed by atoms with van der Waals surface area (Å²) in [5.74, 6) is 0.181. The number of aromatic amines is 1. The normalized spacial score (nSPS) is 11.2. The molecule has 0 aliphatic carbocycles. The van der Waals surface area contributed by atoms with Gasteiger partial charge in [-0.15, -0.1) is 0 Å². The Labute approximate surface area is 115 Å². The minimum absolute atomic E-state index is 0.181. The van der Waals surface area contributed by atoms with E-state index in [-0.39, 0.29) is 5.75 Å². The molecular formula is C16H13F2NO. The van der Waals surface area contributed by atoms with E-state index in [0.29, 0.717) is 0 Å². The highest BCUT2D eigenvalue weighted by Gasteiger charge is 2.05. The number of halogens is 2. The van der Waals surface area contributed by atoms with Crippen LogP contribution in [0.15, 0.2) is 54.6 Å². The summed E-state index contributed by atoms with van der Waals surface area (Å²) >= 11 is 0. The van der Waals surface area contributed by atoms with Crippen LogP contribution in [0.1, 0.15) is 11.3 Å². The van der Waals surface area contributed by atoms with E-state index in [1.807, 2.05) is 18.2 Å². The average Bonchev–Trinajstić information content (AvgIpc) is 2.82. The van der Waals surface area contributed by atoms with Gasteiger partial charge in [0, 0.05) is 17.6 Å². The molecule has 0 atom stereocenters. The van der Waals surface area contributed by atoms with Crippen molar-refractivity contribution < 1.29 is 13.5 Å². The molecule has 0 saturated carbocycles. The monoisotopic (exact) mass is 273 g/mol. The van der Waals surface area contributed by atoms with Crippen LogP contribution in [-0.4, -0.2) is 11.6 Å². The van der Waals surface area contributed by atoms with Crippen molar-refractivity contribution in [3.05, 3.63) is 65.9 Å². The summed E-state index contributed by atoms with van der Waals surface area (Å²) in [4.78, 5) is 3.34. The molecule has 2 nitrogen and oxygen atoms in total. The minimum atomic E-state index is -2.78. The lowest BCUT2D eigenvalue weighted by Gasteiger charge is -2.05. The number of alkyl halides is 2. The molecule has 3 aromatic rings. The van der Waals surface area contributed by atoms with E-state index in [1.165, 1.54) is 5.39 Å². The minimum Gasteiger partial charge on any atom is -0.435 e. The zero-order chi connectivity index (χ0) is 13.9. The number of benzene rings is 2. The van der Waals surface area contributed by atoms with Gasteiger partial charge in [-0.3, -0.25) is 0 Å². The van der Waals surface area contributed by atoms with E-state index in [1.54, 1.807) is 24.3 Å². The van der Waals surface area contributed by atoms with E-state index in [2.05, 4.69) is 21.9 Å². The number of hydrogen-bond donors (Lipinski definition) is 1. The predicted octanol–water partition coefficient (Wildman–Crippen LogP) is 4.36. The van der Waals surface area contributed by atoms with E-state index >= 15 is 0 Å². The lowest BCUT2D eigenvalue weighted by atomic mass is 10.1. The van der Waals surface area contributed by atoms with Crippen LogP contribution in [0.2, 0.25) is 0 Å². The Morgan fingerprint density at radius 1 is 1.00 bits per heavy atom. The van der Waals surface area contributed by atoms with Crippen molar-refractivity contribution >= 4 is 10.9 Å². The molecule has 1 N–H and O–H groups in total. The fraction of sp³-hybridized carbons (Fsp3) is 0.125. The first-order chi connectivity index (χ1) is 9.70. The van der Waals surface area contributed by atoms with E-state index < -0.39 is 6.61 Å². The van der Waals surface area contributed by atoms with Crippen LogP contribution in [-0.2, 0) is 6.42 Å². The number of hydrogen-bond acceptors (Lipinski definition) is 1. The first-order valence-electron chi connectivity index (χ1n) is 6.31. The van der Waals surface area contributed by atoms with Gasteiger partial charge in [-0.1, -0.05) is 30.3 Å². The number of rotatable bonds is 4. The van der Waals surface area contributed by atoms with Gasteiger partial charge in [-0.2, -0.15) is 8.78 Å². The van der Waals surface area contributed by atoms with Crippen LogP contribution in [0.4, 0.5) is 8.78 Å². The van der Waals surface area contributed by atoms with Crippen molar-refractivity contribution in [2.24, 2.45) is 0 Å². The van der Waals surface area contributed by atoms with Crippen LogP contribution in [0.25, 0.3) is 10.9 Å². The molecule has 102 valence electrons. The first kappa shape index (κ1) is 12.7. The molecular weight excluding hydrogens is 260 g/mol. The standard InChI is InChI=1S/C16H13F2NO/c17-16(18)20-14-7-5-11(6-8-14)9-13-10-12-3-1-2-4-15(12)19-13/h1-8,10,16,19H,9H2. The van der Waals surface area contributed by atoms with Gasteiger partial charge in [0.1, 0.15) is 5.75 Å². The Bertz CT molecular complexity index is 671. The molecule has 0 bridgehead atoms. The van der Waals surface area contributed by atoms with Crippen molar-refractivity contribution in [2.75, 3.05) is 0 Å². The zero-order valence-corrected chi connectivity index (χ0v) is 10.6. The molecule has 0 amide bonds. The largest absolute Gasteiger partial charge is 0.435 e. The van der Waals surface area contributed by atoms with Crippen LogP contribution in [0.5, 0.6) is 5.75 Å². The maximum Gasteiger partial charge on any atom is 0.387 e. The van der Waals surface area contributed by atoms with Crippen molar-refractivity contribution in [3.8, 4) is 5.75 Å². The Morgan fingerprint density at radius 3 is 2.45 bits per heavy atom. The van der Waals surface area contributed by atoms with Crippen LogP contribution >= 0.6 is 0 Å². The van der Waals surface area contributed by atoms with Crippen molar-refractivity contribution in [1.82, 2.24) is 4.98 Å². The molecule has 2 aromatic carbocycles. The highest BCUT2D eigenvalue weighted by molar-refractivity contribution is 5.80. The second-order valence-corrected chi connectivity index (χ2v) is 4.58. The van der Waals surface area contributed by atoms with Crippen LogP contribution in [0, 0.1) is 0 Å². The maximum absolute atomic E-state index is 12.1. The third kappa shape index (κ3) is 2.79. The number of aromatic nitrogens is 1. The summed E-state index contributed by atoms with van der Waals surface area (Å²) in [6.07, 6.45) is 0.726. The van der Waals surface area contributed by atoms with Gasteiger partial charge in [-0.05, 0) is 35.2 Å². The number of para-hydroxylation sites is 1. The Kier molecular flexibility index (Phi) is 3.37. The summed E-state index contributed by atoms with van der Waals surface area (Å²) in [7, 11) is 0. The first-order valence-corrected chi connectivity index (χ1v) is 6.31. The van der Waals surface area contributed by atoms with E-state index in [4.69, 9.17) is 0 Å². The second kappa shape index (κ2) is 5.33. The highest BCUT2D eigenvalue weighted by Crippen LogP contribution is 2.19. The molecule has 3 rings (SSSR count). The van der Waals surface area contributed by atoms with E-state index in [9.17, 15) is 8.78 Å². The molecule has 0 aliphatic heterocycles. The van der Waals surface area contributed by atoms with Crippen molar-refractivity contribution in [1.29, 1.82) is 0 Å². The SMILES string of the molecule is FC(F)Oc1ccc(Cc2cc3ccccc3[nH]2)cc1. The molecule has 20 heavy (non-hydrogen) atoms. The lowest BCUT2D eigenvalue weighted by Crippen LogP contribution is -2.01. The number of ether oxygens (including phenoxy) is 1. The van der Waals surface area contributed by atoms with Crippen molar-refractivity contribution in [2.45, 2.75) is 13.0 Å². The fourth-order valence-electron chi connectivity index (χ4n) is 2.24. The van der Waals surface area contributed by atoms with Gasteiger partial charge in [0.15, 0.2) is 0 Å². The second-order valence-electron chi connectivity index (χ2n) is 4.58. The third-order valence-electron chi connectivity index (χ3n) is 3.13. The summed E-state index contributed by atoms with van der Waals surface area (Å²) in [6.45, 7) is -2.78. The molecule has 4 heteroatoms. The Hall–Kier alpha value is -2.36. The van der Waals surface area contributed by atoms with Gasteiger partial charge in [0.2, 0.25) is 0 Å². The van der Waals surface area contributed by atoms with Crippen LogP contribution in [0.3, 0.4) is 0 Å².